The molecule has 0 bridgehead atoms. The van der Waals surface area contributed by atoms with Crippen molar-refractivity contribution >= 4 is 22.3 Å². The normalized spacial score (nSPS) is 17.9. The second-order valence-electron chi connectivity index (χ2n) is 7.09. The Bertz CT molecular complexity index is 1150. The maximum absolute atomic E-state index is 14.2. The number of aromatic nitrogens is 2. The number of para-hydroxylation sites is 2. The van der Waals surface area contributed by atoms with Crippen molar-refractivity contribution in [2.45, 2.75) is 6.04 Å². The van der Waals surface area contributed by atoms with E-state index in [1.807, 2.05) is 18.2 Å². The fourth-order valence-electron chi connectivity index (χ4n) is 4.20. The Morgan fingerprint density at radius 3 is 2.93 bits per heavy atom. The molecule has 3 heterocycles. The highest BCUT2D eigenvalue weighted by molar-refractivity contribution is 5.97. The molecule has 8 heteroatoms. The maximum atomic E-state index is 14.2. The van der Waals surface area contributed by atoms with E-state index in [1.54, 1.807) is 0 Å². The second-order valence-corrected chi connectivity index (χ2v) is 7.09. The fourth-order valence-corrected chi connectivity index (χ4v) is 4.20. The number of anilines is 2. The number of nitrogens with zero attached hydrogens (tertiary/aromatic N) is 5. The number of piperazine rings is 1. The molecule has 7 nitrogen and oxygen atoms in total. The van der Waals surface area contributed by atoms with Gasteiger partial charge in [0.15, 0.2) is 5.69 Å². The third-order valence-electron chi connectivity index (χ3n) is 5.50. The summed E-state index contributed by atoms with van der Waals surface area (Å²) in [6.45, 7) is 2.59. The molecular formula is C21H18FN5O2. The van der Waals surface area contributed by atoms with Crippen LogP contribution >= 0.6 is 0 Å². The summed E-state index contributed by atoms with van der Waals surface area (Å²) in [5, 5.41) is 18.3. The minimum Gasteiger partial charge on any atom is -0.494 e. The predicted molar refractivity (Wildman–Crippen MR) is 106 cm³/mol. The van der Waals surface area contributed by atoms with E-state index in [4.69, 9.17) is 9.47 Å². The first-order chi connectivity index (χ1) is 14.2. The van der Waals surface area contributed by atoms with Gasteiger partial charge in [0.05, 0.1) is 24.5 Å². The van der Waals surface area contributed by atoms with Gasteiger partial charge in [-0.05, 0) is 18.2 Å². The molecular weight excluding hydrogens is 373 g/mol. The van der Waals surface area contributed by atoms with Crippen LogP contribution in [0.3, 0.4) is 0 Å². The van der Waals surface area contributed by atoms with Gasteiger partial charge in [-0.2, -0.15) is 5.26 Å². The molecule has 29 heavy (non-hydrogen) atoms. The number of rotatable bonds is 2. The molecule has 146 valence electrons. The zero-order valence-corrected chi connectivity index (χ0v) is 15.8. The van der Waals surface area contributed by atoms with Crippen molar-refractivity contribution < 1.29 is 13.9 Å². The van der Waals surface area contributed by atoms with E-state index < -0.39 is 5.82 Å². The quantitative estimate of drug-likeness (QED) is 0.665. The van der Waals surface area contributed by atoms with Crippen LogP contribution in [0, 0.1) is 17.1 Å². The lowest BCUT2D eigenvalue weighted by molar-refractivity contribution is 0.255. The molecule has 0 unspecified atom stereocenters. The number of nitriles is 1. The molecule has 2 aliphatic heterocycles. The molecule has 2 aromatic carbocycles. The summed E-state index contributed by atoms with van der Waals surface area (Å²) in [5.74, 6) is 0.741. The number of hydrogen-bond acceptors (Lipinski definition) is 7. The standard InChI is InChI=1S/C21H18FN5O2/c1-28-19-9-13(22)8-15-20(19)25-24-16(10-23)21(15)26-6-7-27-14(11-26)12-29-18-5-3-2-4-17(18)27/h2-5,8-9,14H,6-7,11-12H2,1H3/t14-/m0/s1. The van der Waals surface area contributed by atoms with Gasteiger partial charge in [-0.1, -0.05) is 12.1 Å². The first-order valence-electron chi connectivity index (χ1n) is 9.37. The van der Waals surface area contributed by atoms with E-state index in [0.717, 1.165) is 18.0 Å². The van der Waals surface area contributed by atoms with E-state index >= 15 is 0 Å². The Morgan fingerprint density at radius 2 is 2.10 bits per heavy atom. The predicted octanol–water partition coefficient (Wildman–Crippen LogP) is 2.74. The molecule has 0 aliphatic carbocycles. The van der Waals surface area contributed by atoms with Gasteiger partial charge in [-0.15, -0.1) is 10.2 Å². The van der Waals surface area contributed by atoms with Gasteiger partial charge in [0.2, 0.25) is 0 Å². The highest BCUT2D eigenvalue weighted by Gasteiger charge is 2.34. The van der Waals surface area contributed by atoms with Gasteiger partial charge in [0.1, 0.15) is 35.5 Å². The minimum absolute atomic E-state index is 0.115. The molecule has 0 saturated carbocycles. The van der Waals surface area contributed by atoms with Gasteiger partial charge < -0.3 is 19.3 Å². The number of hydrogen-bond donors (Lipinski definition) is 0. The third kappa shape index (κ3) is 2.78. The summed E-state index contributed by atoms with van der Waals surface area (Å²) in [7, 11) is 1.46. The van der Waals surface area contributed by atoms with Crippen LogP contribution < -0.4 is 19.3 Å². The van der Waals surface area contributed by atoms with Crippen molar-refractivity contribution in [3.8, 4) is 17.6 Å². The van der Waals surface area contributed by atoms with Crippen LogP contribution in [-0.4, -0.2) is 49.6 Å². The Morgan fingerprint density at radius 1 is 1.24 bits per heavy atom. The molecule has 0 amide bonds. The lowest BCUT2D eigenvalue weighted by Crippen LogP contribution is -2.57. The van der Waals surface area contributed by atoms with Gasteiger partial charge in [-0.25, -0.2) is 4.39 Å². The summed E-state index contributed by atoms with van der Waals surface area (Å²) in [6, 6.07) is 12.9. The molecule has 1 aromatic heterocycles. The van der Waals surface area contributed by atoms with Crippen molar-refractivity contribution in [1.82, 2.24) is 10.2 Å². The zero-order chi connectivity index (χ0) is 20.0. The van der Waals surface area contributed by atoms with Crippen molar-refractivity contribution in [2.75, 3.05) is 43.2 Å². The van der Waals surface area contributed by atoms with Crippen LogP contribution in [0.2, 0.25) is 0 Å². The van der Waals surface area contributed by atoms with Crippen molar-refractivity contribution in [2.24, 2.45) is 0 Å². The Hall–Kier alpha value is -3.60. The molecule has 1 atom stereocenters. The number of ether oxygens (including phenoxy) is 2. The van der Waals surface area contributed by atoms with Crippen LogP contribution in [0.5, 0.6) is 11.5 Å². The molecule has 2 aliphatic rings. The SMILES string of the molecule is COc1cc(F)cc2c(N3CCN4c5ccccc5OC[C@@H]4C3)c(C#N)nnc12. The number of fused-ring (bicyclic) bond motifs is 4. The Kier molecular flexibility index (Phi) is 4.09. The number of benzene rings is 2. The van der Waals surface area contributed by atoms with E-state index in [9.17, 15) is 9.65 Å². The van der Waals surface area contributed by atoms with Crippen LogP contribution in [0.1, 0.15) is 5.69 Å². The largest absolute Gasteiger partial charge is 0.494 e. The van der Waals surface area contributed by atoms with Gasteiger partial charge in [-0.3, -0.25) is 0 Å². The van der Waals surface area contributed by atoms with Crippen molar-refractivity contribution in [3.05, 3.63) is 47.9 Å². The second kappa shape index (κ2) is 6.78. The van der Waals surface area contributed by atoms with E-state index in [2.05, 4.69) is 32.1 Å². The molecule has 0 radical (unpaired) electrons. The molecule has 0 N–H and O–H groups in total. The summed E-state index contributed by atoms with van der Waals surface area (Å²) >= 11 is 0. The van der Waals surface area contributed by atoms with E-state index in [-0.39, 0.29) is 11.7 Å². The molecule has 1 fully saturated rings. The maximum Gasteiger partial charge on any atom is 0.187 e. The van der Waals surface area contributed by atoms with Gasteiger partial charge in [0, 0.05) is 31.1 Å². The smallest absolute Gasteiger partial charge is 0.187 e. The topological polar surface area (TPSA) is 74.5 Å². The summed E-state index contributed by atoms with van der Waals surface area (Å²) < 4.78 is 25.5. The van der Waals surface area contributed by atoms with Gasteiger partial charge in [0.25, 0.3) is 0 Å². The van der Waals surface area contributed by atoms with Crippen molar-refractivity contribution in [3.63, 3.8) is 0 Å². The first-order valence-corrected chi connectivity index (χ1v) is 9.37. The summed E-state index contributed by atoms with van der Waals surface area (Å²) in [5.41, 5.74) is 2.29. The Balaban J connectivity index is 1.57. The van der Waals surface area contributed by atoms with Crippen LogP contribution in [0.4, 0.5) is 15.8 Å². The molecule has 5 rings (SSSR count). The number of halogens is 1. The fraction of sp³-hybridized carbons (Fsp3) is 0.286. The highest BCUT2D eigenvalue weighted by Crippen LogP contribution is 2.38. The molecule has 1 saturated heterocycles. The molecule has 3 aromatic rings. The Labute approximate surface area is 166 Å². The lowest BCUT2D eigenvalue weighted by atomic mass is 10.1. The summed E-state index contributed by atoms with van der Waals surface area (Å²) in [6.07, 6.45) is 0. The highest BCUT2D eigenvalue weighted by atomic mass is 19.1. The van der Waals surface area contributed by atoms with Crippen LogP contribution in [-0.2, 0) is 0 Å². The number of methoxy groups -OCH3 is 1. The minimum atomic E-state index is -0.443. The van der Waals surface area contributed by atoms with Crippen molar-refractivity contribution in [1.29, 1.82) is 5.26 Å². The monoisotopic (exact) mass is 391 g/mol. The first kappa shape index (κ1) is 17.5. The van der Waals surface area contributed by atoms with E-state index in [1.165, 1.54) is 19.2 Å². The van der Waals surface area contributed by atoms with E-state index in [0.29, 0.717) is 42.0 Å². The third-order valence-corrected chi connectivity index (χ3v) is 5.50. The van der Waals surface area contributed by atoms with Crippen LogP contribution in [0.25, 0.3) is 10.9 Å². The van der Waals surface area contributed by atoms with Crippen LogP contribution in [0.15, 0.2) is 36.4 Å². The summed E-state index contributed by atoms with van der Waals surface area (Å²) in [4.78, 5) is 4.41. The zero-order valence-electron chi connectivity index (χ0n) is 15.8. The van der Waals surface area contributed by atoms with Gasteiger partial charge >= 0.3 is 0 Å². The average molecular weight is 391 g/mol. The lowest BCUT2D eigenvalue weighted by Gasteiger charge is -2.46. The average Bonchev–Trinajstić information content (AvgIpc) is 2.77. The molecule has 0 spiro atoms.